The van der Waals surface area contributed by atoms with Crippen molar-refractivity contribution in [1.82, 2.24) is 10.3 Å². The van der Waals surface area contributed by atoms with Crippen LogP contribution < -0.4 is 10.7 Å². The van der Waals surface area contributed by atoms with Crippen molar-refractivity contribution in [3.8, 4) is 0 Å². The third kappa shape index (κ3) is 3.32. The molecule has 4 nitrogen and oxygen atoms in total. The van der Waals surface area contributed by atoms with Crippen LogP contribution in [0.3, 0.4) is 0 Å². The van der Waals surface area contributed by atoms with Gasteiger partial charge in [0, 0.05) is 27.7 Å². The van der Waals surface area contributed by atoms with Crippen LogP contribution in [0.5, 0.6) is 0 Å². The van der Waals surface area contributed by atoms with Crippen molar-refractivity contribution in [2.75, 3.05) is 0 Å². The van der Waals surface area contributed by atoms with Crippen LogP contribution in [0.2, 0.25) is 0 Å². The Morgan fingerprint density at radius 3 is 2.74 bits per heavy atom. The fourth-order valence-electron chi connectivity index (χ4n) is 1.72. The molecule has 19 heavy (non-hydrogen) atoms. The lowest BCUT2D eigenvalue weighted by molar-refractivity contribution is 0.0950. The van der Waals surface area contributed by atoms with Gasteiger partial charge in [0.05, 0.1) is 6.54 Å². The second-order valence-corrected chi connectivity index (χ2v) is 5.55. The number of aryl methyl sites for hydroxylation is 2. The van der Waals surface area contributed by atoms with Crippen molar-refractivity contribution in [2.45, 2.75) is 26.8 Å². The second kappa shape index (κ2) is 5.84. The zero-order valence-corrected chi connectivity index (χ0v) is 11.8. The van der Waals surface area contributed by atoms with Gasteiger partial charge in [-0.3, -0.25) is 9.59 Å². The number of carbonyl (C=O) groups is 1. The number of pyridine rings is 1. The highest BCUT2D eigenvalue weighted by Gasteiger charge is 2.10. The van der Waals surface area contributed by atoms with Gasteiger partial charge in [-0.05, 0) is 25.5 Å². The van der Waals surface area contributed by atoms with Crippen LogP contribution in [-0.2, 0) is 13.0 Å². The number of carbonyl (C=O) groups excluding carboxylic acids is 1. The van der Waals surface area contributed by atoms with Crippen LogP contribution in [0.1, 0.15) is 32.7 Å². The number of hydrogen-bond acceptors (Lipinski definition) is 3. The normalized spacial score (nSPS) is 10.4. The zero-order chi connectivity index (χ0) is 13.8. The molecular weight excluding hydrogens is 260 g/mol. The third-order valence-electron chi connectivity index (χ3n) is 2.79. The van der Waals surface area contributed by atoms with E-state index in [2.05, 4.69) is 23.3 Å². The molecule has 5 heteroatoms. The molecule has 0 saturated carbocycles. The molecule has 0 saturated heterocycles. The minimum absolute atomic E-state index is 0.151. The summed E-state index contributed by atoms with van der Waals surface area (Å²) in [5.74, 6) is -0.340. The van der Waals surface area contributed by atoms with E-state index in [9.17, 15) is 9.59 Å². The molecule has 0 atom stereocenters. The van der Waals surface area contributed by atoms with E-state index in [0.29, 0.717) is 6.54 Å². The first-order chi connectivity index (χ1) is 9.10. The SMILES string of the molecule is CCc1ccc(CNC(=O)c2c[nH]c(C)cc2=O)s1. The molecule has 2 N–H and O–H groups in total. The van der Waals surface area contributed by atoms with Gasteiger partial charge in [0.15, 0.2) is 5.43 Å². The Bertz CT molecular complexity index is 643. The van der Waals surface area contributed by atoms with Gasteiger partial charge in [-0.2, -0.15) is 0 Å². The highest BCUT2D eigenvalue weighted by atomic mass is 32.1. The van der Waals surface area contributed by atoms with Crippen molar-refractivity contribution >= 4 is 17.2 Å². The van der Waals surface area contributed by atoms with Gasteiger partial charge in [-0.15, -0.1) is 11.3 Å². The lowest BCUT2D eigenvalue weighted by Crippen LogP contribution is -2.28. The smallest absolute Gasteiger partial charge is 0.257 e. The molecule has 0 spiro atoms. The van der Waals surface area contributed by atoms with E-state index in [4.69, 9.17) is 0 Å². The molecule has 0 fully saturated rings. The molecule has 2 rings (SSSR count). The highest BCUT2D eigenvalue weighted by molar-refractivity contribution is 7.11. The molecule has 0 bridgehead atoms. The Morgan fingerprint density at radius 2 is 2.11 bits per heavy atom. The lowest BCUT2D eigenvalue weighted by atomic mass is 10.2. The fourth-order valence-corrected chi connectivity index (χ4v) is 2.62. The van der Waals surface area contributed by atoms with Gasteiger partial charge in [0.1, 0.15) is 5.56 Å². The van der Waals surface area contributed by atoms with E-state index in [1.165, 1.54) is 17.1 Å². The monoisotopic (exact) mass is 276 g/mol. The maximum absolute atomic E-state index is 11.9. The van der Waals surface area contributed by atoms with Crippen LogP contribution in [-0.4, -0.2) is 10.9 Å². The van der Waals surface area contributed by atoms with Crippen molar-refractivity contribution < 1.29 is 4.79 Å². The standard InChI is InChI=1S/C14H16N2O2S/c1-3-10-4-5-11(19-10)7-16-14(18)12-8-15-9(2)6-13(12)17/h4-6,8H,3,7H2,1-2H3,(H,15,17)(H,16,18). The van der Waals surface area contributed by atoms with E-state index in [1.807, 2.05) is 6.07 Å². The molecule has 0 aliphatic rings. The van der Waals surface area contributed by atoms with Crippen LogP contribution in [0.15, 0.2) is 29.2 Å². The van der Waals surface area contributed by atoms with E-state index >= 15 is 0 Å². The maximum atomic E-state index is 11.9. The number of H-pyrrole nitrogens is 1. The first-order valence-electron chi connectivity index (χ1n) is 6.15. The molecule has 2 aromatic heterocycles. The van der Waals surface area contributed by atoms with Crippen molar-refractivity contribution in [3.05, 3.63) is 55.6 Å². The number of hydrogen-bond donors (Lipinski definition) is 2. The molecule has 1 amide bonds. The Kier molecular flexibility index (Phi) is 4.16. The molecular formula is C14H16N2O2S. The summed E-state index contributed by atoms with van der Waals surface area (Å²) in [5.41, 5.74) is 0.638. The van der Waals surface area contributed by atoms with E-state index in [0.717, 1.165) is 17.0 Å². The summed E-state index contributed by atoms with van der Waals surface area (Å²) in [4.78, 5) is 28.8. The minimum atomic E-state index is -0.340. The fraction of sp³-hybridized carbons (Fsp3) is 0.286. The average Bonchev–Trinajstić information content (AvgIpc) is 2.84. The van der Waals surface area contributed by atoms with Gasteiger partial charge < -0.3 is 10.3 Å². The second-order valence-electron chi connectivity index (χ2n) is 4.30. The summed E-state index contributed by atoms with van der Waals surface area (Å²) < 4.78 is 0. The van der Waals surface area contributed by atoms with Crippen LogP contribution in [0, 0.1) is 6.92 Å². The number of nitrogens with one attached hydrogen (secondary N) is 2. The Balaban J connectivity index is 2.03. The van der Waals surface area contributed by atoms with Crippen molar-refractivity contribution in [3.63, 3.8) is 0 Å². The third-order valence-corrected chi connectivity index (χ3v) is 4.02. The molecule has 0 unspecified atom stereocenters. The minimum Gasteiger partial charge on any atom is -0.364 e. The van der Waals surface area contributed by atoms with E-state index < -0.39 is 0 Å². The van der Waals surface area contributed by atoms with E-state index in [1.54, 1.807) is 18.3 Å². The molecule has 2 aromatic rings. The van der Waals surface area contributed by atoms with Crippen LogP contribution in [0.25, 0.3) is 0 Å². The molecule has 2 heterocycles. The van der Waals surface area contributed by atoms with E-state index in [-0.39, 0.29) is 16.9 Å². The number of rotatable bonds is 4. The zero-order valence-electron chi connectivity index (χ0n) is 10.9. The highest BCUT2D eigenvalue weighted by Crippen LogP contribution is 2.16. The maximum Gasteiger partial charge on any atom is 0.257 e. The predicted octanol–water partition coefficient (Wildman–Crippen LogP) is 2.24. The summed E-state index contributed by atoms with van der Waals surface area (Å²) in [6, 6.07) is 5.49. The van der Waals surface area contributed by atoms with Gasteiger partial charge >= 0.3 is 0 Å². The van der Waals surface area contributed by atoms with Gasteiger partial charge in [0.2, 0.25) is 0 Å². The Morgan fingerprint density at radius 1 is 1.37 bits per heavy atom. The number of amides is 1. The summed E-state index contributed by atoms with van der Waals surface area (Å²) in [5, 5.41) is 2.76. The average molecular weight is 276 g/mol. The predicted molar refractivity (Wildman–Crippen MR) is 76.7 cm³/mol. The quantitative estimate of drug-likeness (QED) is 0.899. The largest absolute Gasteiger partial charge is 0.364 e. The molecule has 0 aromatic carbocycles. The number of aromatic nitrogens is 1. The van der Waals surface area contributed by atoms with Gasteiger partial charge in [-0.25, -0.2) is 0 Å². The molecule has 100 valence electrons. The summed E-state index contributed by atoms with van der Waals surface area (Å²) in [6.07, 6.45) is 2.45. The van der Waals surface area contributed by atoms with Crippen molar-refractivity contribution in [1.29, 1.82) is 0 Å². The molecule has 0 radical (unpaired) electrons. The lowest BCUT2D eigenvalue weighted by Gasteiger charge is -2.03. The van der Waals surface area contributed by atoms with Crippen LogP contribution >= 0.6 is 11.3 Å². The van der Waals surface area contributed by atoms with Gasteiger partial charge in [-0.1, -0.05) is 6.92 Å². The summed E-state index contributed by atoms with van der Waals surface area (Å²) in [7, 11) is 0. The summed E-state index contributed by atoms with van der Waals surface area (Å²) in [6.45, 7) is 4.33. The van der Waals surface area contributed by atoms with Gasteiger partial charge in [0.25, 0.3) is 5.91 Å². The number of thiophene rings is 1. The first-order valence-corrected chi connectivity index (χ1v) is 6.97. The first kappa shape index (κ1) is 13.5. The summed E-state index contributed by atoms with van der Waals surface area (Å²) >= 11 is 1.68. The number of aromatic amines is 1. The Hall–Kier alpha value is -1.88. The Labute approximate surface area is 115 Å². The van der Waals surface area contributed by atoms with Crippen molar-refractivity contribution in [2.24, 2.45) is 0 Å². The molecule has 0 aliphatic carbocycles. The topological polar surface area (TPSA) is 62.0 Å². The van der Waals surface area contributed by atoms with Crippen LogP contribution in [0.4, 0.5) is 0 Å². The molecule has 0 aliphatic heterocycles.